The predicted octanol–water partition coefficient (Wildman–Crippen LogP) is 2.08. The summed E-state index contributed by atoms with van der Waals surface area (Å²) in [4.78, 5) is 6.50. The standard InChI is InChI=1S/C13H22N2O2/c1-4-11(5-2)15(9-10-16)13-12(17-3)7-6-8-14-13/h6-8,11,16H,4-5,9-10H2,1-3H3. The minimum atomic E-state index is 0.121. The van der Waals surface area contributed by atoms with Gasteiger partial charge in [0.1, 0.15) is 0 Å². The van der Waals surface area contributed by atoms with E-state index in [9.17, 15) is 5.11 Å². The number of hydrogen-bond acceptors (Lipinski definition) is 4. The van der Waals surface area contributed by atoms with Crippen LogP contribution in [-0.2, 0) is 0 Å². The average Bonchev–Trinajstić information content (AvgIpc) is 2.39. The van der Waals surface area contributed by atoms with Gasteiger partial charge in [0.25, 0.3) is 0 Å². The van der Waals surface area contributed by atoms with Gasteiger partial charge >= 0.3 is 0 Å². The average molecular weight is 238 g/mol. The van der Waals surface area contributed by atoms with Crippen LogP contribution >= 0.6 is 0 Å². The zero-order chi connectivity index (χ0) is 12.7. The van der Waals surface area contributed by atoms with Crippen LogP contribution in [0, 0.1) is 0 Å². The fourth-order valence-corrected chi connectivity index (χ4v) is 2.06. The number of hydrogen-bond donors (Lipinski definition) is 1. The van der Waals surface area contributed by atoms with Crippen LogP contribution in [0.3, 0.4) is 0 Å². The zero-order valence-electron chi connectivity index (χ0n) is 10.9. The highest BCUT2D eigenvalue weighted by atomic mass is 16.5. The van der Waals surface area contributed by atoms with E-state index < -0.39 is 0 Å². The molecule has 0 bridgehead atoms. The van der Waals surface area contributed by atoms with E-state index in [-0.39, 0.29) is 6.61 Å². The summed E-state index contributed by atoms with van der Waals surface area (Å²) >= 11 is 0. The summed E-state index contributed by atoms with van der Waals surface area (Å²) in [6.45, 7) is 5.00. The topological polar surface area (TPSA) is 45.6 Å². The van der Waals surface area contributed by atoms with Crippen molar-refractivity contribution < 1.29 is 9.84 Å². The van der Waals surface area contributed by atoms with Gasteiger partial charge in [-0.1, -0.05) is 13.8 Å². The molecule has 4 heteroatoms. The van der Waals surface area contributed by atoms with E-state index >= 15 is 0 Å². The molecule has 0 fully saturated rings. The summed E-state index contributed by atoms with van der Waals surface area (Å²) in [5, 5.41) is 9.19. The molecule has 0 aliphatic carbocycles. The Labute approximate surface area is 103 Å². The predicted molar refractivity (Wildman–Crippen MR) is 69.6 cm³/mol. The number of aromatic nitrogens is 1. The quantitative estimate of drug-likeness (QED) is 0.790. The molecule has 0 amide bonds. The van der Waals surface area contributed by atoms with Crippen molar-refractivity contribution >= 4 is 5.82 Å². The third kappa shape index (κ3) is 3.33. The van der Waals surface area contributed by atoms with Crippen LogP contribution in [0.15, 0.2) is 18.3 Å². The minimum Gasteiger partial charge on any atom is -0.493 e. The lowest BCUT2D eigenvalue weighted by Gasteiger charge is -2.31. The van der Waals surface area contributed by atoms with E-state index in [1.54, 1.807) is 13.3 Å². The van der Waals surface area contributed by atoms with Crippen molar-refractivity contribution in [2.45, 2.75) is 32.7 Å². The lowest BCUT2D eigenvalue weighted by molar-refractivity contribution is 0.294. The smallest absolute Gasteiger partial charge is 0.171 e. The van der Waals surface area contributed by atoms with Crippen LogP contribution < -0.4 is 9.64 Å². The van der Waals surface area contributed by atoms with Crippen LogP contribution in [-0.4, -0.2) is 36.4 Å². The number of anilines is 1. The molecular formula is C13H22N2O2. The molecule has 0 unspecified atom stereocenters. The van der Waals surface area contributed by atoms with Crippen LogP contribution in [0.4, 0.5) is 5.82 Å². The van der Waals surface area contributed by atoms with Crippen LogP contribution in [0.1, 0.15) is 26.7 Å². The molecule has 0 aliphatic rings. The van der Waals surface area contributed by atoms with Gasteiger partial charge < -0.3 is 14.7 Å². The van der Waals surface area contributed by atoms with Crippen LogP contribution in [0.25, 0.3) is 0 Å². The molecule has 1 aromatic heterocycles. The molecule has 96 valence electrons. The highest BCUT2D eigenvalue weighted by Gasteiger charge is 2.19. The highest BCUT2D eigenvalue weighted by molar-refractivity contribution is 5.52. The van der Waals surface area contributed by atoms with E-state index in [1.807, 2.05) is 12.1 Å². The Morgan fingerprint density at radius 1 is 1.41 bits per heavy atom. The molecule has 1 rings (SSSR count). The molecule has 17 heavy (non-hydrogen) atoms. The minimum absolute atomic E-state index is 0.121. The first-order valence-electron chi connectivity index (χ1n) is 6.14. The van der Waals surface area contributed by atoms with E-state index in [0.717, 1.165) is 24.4 Å². The fraction of sp³-hybridized carbons (Fsp3) is 0.615. The highest BCUT2D eigenvalue weighted by Crippen LogP contribution is 2.27. The third-order valence-corrected chi connectivity index (χ3v) is 2.97. The summed E-state index contributed by atoms with van der Waals surface area (Å²) in [7, 11) is 1.64. The molecule has 0 radical (unpaired) electrons. The van der Waals surface area contributed by atoms with Gasteiger partial charge in [-0.3, -0.25) is 0 Å². The number of ether oxygens (including phenoxy) is 1. The Morgan fingerprint density at radius 3 is 2.65 bits per heavy atom. The van der Waals surface area contributed by atoms with Crippen molar-refractivity contribution in [3.05, 3.63) is 18.3 Å². The molecular weight excluding hydrogens is 216 g/mol. The molecule has 4 nitrogen and oxygen atoms in total. The summed E-state index contributed by atoms with van der Waals surface area (Å²) in [5.74, 6) is 1.57. The molecule has 0 saturated heterocycles. The van der Waals surface area contributed by atoms with E-state index in [0.29, 0.717) is 12.6 Å². The molecule has 0 aliphatic heterocycles. The first-order chi connectivity index (χ1) is 8.28. The van der Waals surface area contributed by atoms with Crippen LogP contribution in [0.5, 0.6) is 5.75 Å². The second kappa shape index (κ2) is 7.12. The SMILES string of the molecule is CCC(CC)N(CCO)c1ncccc1OC. The number of rotatable bonds is 7. The molecule has 0 spiro atoms. The normalized spacial score (nSPS) is 10.6. The zero-order valence-corrected chi connectivity index (χ0v) is 10.9. The summed E-state index contributed by atoms with van der Waals surface area (Å²) in [6, 6.07) is 4.13. The maximum absolute atomic E-state index is 9.19. The van der Waals surface area contributed by atoms with Gasteiger partial charge in [-0.15, -0.1) is 0 Å². The molecule has 0 saturated carbocycles. The molecule has 1 heterocycles. The second-order valence-corrected chi connectivity index (χ2v) is 3.92. The Bertz CT molecular complexity index is 327. The summed E-state index contributed by atoms with van der Waals surface area (Å²) in [5.41, 5.74) is 0. The van der Waals surface area contributed by atoms with Gasteiger partial charge in [0.15, 0.2) is 11.6 Å². The molecule has 0 aromatic carbocycles. The Kier molecular flexibility index (Phi) is 5.77. The van der Waals surface area contributed by atoms with Gasteiger partial charge in [0.05, 0.1) is 13.7 Å². The summed E-state index contributed by atoms with van der Waals surface area (Å²) in [6.07, 6.45) is 3.80. The number of aliphatic hydroxyl groups is 1. The monoisotopic (exact) mass is 238 g/mol. The van der Waals surface area contributed by atoms with E-state index in [4.69, 9.17) is 4.74 Å². The van der Waals surface area contributed by atoms with Gasteiger partial charge in [-0.2, -0.15) is 0 Å². The molecule has 1 N–H and O–H groups in total. The van der Waals surface area contributed by atoms with Crippen molar-refractivity contribution in [1.29, 1.82) is 0 Å². The van der Waals surface area contributed by atoms with Crippen LogP contribution in [0.2, 0.25) is 0 Å². The number of aliphatic hydroxyl groups excluding tert-OH is 1. The Balaban J connectivity index is 3.03. The largest absolute Gasteiger partial charge is 0.493 e. The maximum Gasteiger partial charge on any atom is 0.171 e. The lowest BCUT2D eigenvalue weighted by Crippen LogP contribution is -2.37. The number of methoxy groups -OCH3 is 1. The number of pyridine rings is 1. The van der Waals surface area contributed by atoms with Gasteiger partial charge in [-0.25, -0.2) is 4.98 Å². The first kappa shape index (κ1) is 13.8. The summed E-state index contributed by atoms with van der Waals surface area (Å²) < 4.78 is 5.33. The number of nitrogens with zero attached hydrogens (tertiary/aromatic N) is 2. The van der Waals surface area contributed by atoms with E-state index in [2.05, 4.69) is 23.7 Å². The van der Waals surface area contributed by atoms with Crippen molar-refractivity contribution in [2.75, 3.05) is 25.2 Å². The maximum atomic E-state index is 9.19. The van der Waals surface area contributed by atoms with Crippen molar-refractivity contribution in [3.63, 3.8) is 0 Å². The van der Waals surface area contributed by atoms with Crippen molar-refractivity contribution in [1.82, 2.24) is 4.98 Å². The second-order valence-electron chi connectivity index (χ2n) is 3.92. The Morgan fingerprint density at radius 2 is 2.12 bits per heavy atom. The molecule has 1 aromatic rings. The lowest BCUT2D eigenvalue weighted by atomic mass is 10.1. The Hall–Kier alpha value is -1.29. The van der Waals surface area contributed by atoms with Crippen molar-refractivity contribution in [3.8, 4) is 5.75 Å². The first-order valence-corrected chi connectivity index (χ1v) is 6.14. The van der Waals surface area contributed by atoms with Gasteiger partial charge in [0.2, 0.25) is 0 Å². The fourth-order valence-electron chi connectivity index (χ4n) is 2.06. The molecule has 0 atom stereocenters. The van der Waals surface area contributed by atoms with Gasteiger partial charge in [0, 0.05) is 18.8 Å². The third-order valence-electron chi connectivity index (χ3n) is 2.97. The van der Waals surface area contributed by atoms with Gasteiger partial charge in [-0.05, 0) is 25.0 Å². The van der Waals surface area contributed by atoms with E-state index in [1.165, 1.54) is 0 Å². The van der Waals surface area contributed by atoms with Crippen molar-refractivity contribution in [2.24, 2.45) is 0 Å².